The van der Waals surface area contributed by atoms with Crippen molar-refractivity contribution in [3.05, 3.63) is 24.3 Å². The Morgan fingerprint density at radius 3 is 0.982 bits per heavy atom. The lowest BCUT2D eigenvalue weighted by Crippen LogP contribution is -2.30. The molecule has 6 nitrogen and oxygen atoms in total. The zero-order valence-corrected chi connectivity index (χ0v) is 36.7. The second-order valence-corrected chi connectivity index (χ2v) is 16.0. The van der Waals surface area contributed by atoms with Gasteiger partial charge in [-0.2, -0.15) is 0 Å². The molecule has 55 heavy (non-hydrogen) atoms. The third-order valence-electron chi connectivity index (χ3n) is 10.4. The molecule has 0 rings (SSSR count). The van der Waals surface area contributed by atoms with Crippen LogP contribution in [0.3, 0.4) is 0 Å². The summed E-state index contributed by atoms with van der Waals surface area (Å²) in [5.74, 6) is -0.896. The van der Waals surface area contributed by atoms with Crippen molar-refractivity contribution < 1.29 is 28.6 Å². The molecule has 0 saturated carbocycles. The van der Waals surface area contributed by atoms with E-state index in [-0.39, 0.29) is 31.1 Å². The first kappa shape index (κ1) is 52.9. The average molecular weight is 775 g/mol. The van der Waals surface area contributed by atoms with Crippen LogP contribution in [0.2, 0.25) is 0 Å². The van der Waals surface area contributed by atoms with Crippen LogP contribution in [0, 0.1) is 0 Å². The molecule has 0 radical (unpaired) electrons. The fraction of sp³-hybridized carbons (Fsp3) is 0.857. The summed E-state index contributed by atoms with van der Waals surface area (Å²) < 4.78 is 16.7. The summed E-state index contributed by atoms with van der Waals surface area (Å²) >= 11 is 0. The van der Waals surface area contributed by atoms with Crippen molar-refractivity contribution in [2.45, 2.75) is 258 Å². The summed E-state index contributed by atoms with van der Waals surface area (Å²) in [6.07, 6.45) is 48.7. The largest absolute Gasteiger partial charge is 0.462 e. The number of carbonyl (C=O) groups is 3. The van der Waals surface area contributed by atoms with Crippen molar-refractivity contribution in [1.29, 1.82) is 0 Å². The van der Waals surface area contributed by atoms with Gasteiger partial charge >= 0.3 is 17.9 Å². The maximum Gasteiger partial charge on any atom is 0.306 e. The molecule has 0 fully saturated rings. The van der Waals surface area contributed by atoms with Crippen molar-refractivity contribution in [3.8, 4) is 0 Å². The van der Waals surface area contributed by atoms with Gasteiger partial charge < -0.3 is 14.2 Å². The third-order valence-corrected chi connectivity index (χ3v) is 10.4. The number of hydrogen-bond acceptors (Lipinski definition) is 6. The summed E-state index contributed by atoms with van der Waals surface area (Å²) in [6.45, 7) is 6.58. The van der Waals surface area contributed by atoms with E-state index in [1.807, 2.05) is 0 Å². The molecule has 1 atom stereocenters. The zero-order valence-electron chi connectivity index (χ0n) is 36.7. The summed E-state index contributed by atoms with van der Waals surface area (Å²) in [7, 11) is 0. The van der Waals surface area contributed by atoms with E-state index < -0.39 is 6.10 Å². The van der Waals surface area contributed by atoms with Crippen LogP contribution in [-0.4, -0.2) is 37.2 Å². The van der Waals surface area contributed by atoms with Crippen LogP contribution in [0.1, 0.15) is 252 Å². The van der Waals surface area contributed by atoms with E-state index in [9.17, 15) is 14.4 Å². The highest BCUT2D eigenvalue weighted by Crippen LogP contribution is 2.15. The number of carbonyl (C=O) groups excluding carboxylic acids is 3. The van der Waals surface area contributed by atoms with E-state index in [0.717, 1.165) is 77.0 Å². The number of esters is 3. The summed E-state index contributed by atoms with van der Waals surface area (Å²) in [5.41, 5.74) is 0. The SMILES string of the molecule is CCCC/C=C\CCCCCCCC(=O)OCC(COC(=O)CCCCC/C=C\CCCCCCCC)OC(=O)CCCCCCCCCCCCCCC. The van der Waals surface area contributed by atoms with Crippen LogP contribution >= 0.6 is 0 Å². The lowest BCUT2D eigenvalue weighted by atomic mass is 10.0. The van der Waals surface area contributed by atoms with E-state index in [4.69, 9.17) is 14.2 Å². The van der Waals surface area contributed by atoms with Gasteiger partial charge in [-0.3, -0.25) is 14.4 Å². The lowest BCUT2D eigenvalue weighted by molar-refractivity contribution is -0.167. The van der Waals surface area contributed by atoms with Crippen molar-refractivity contribution >= 4 is 17.9 Å². The molecule has 6 heteroatoms. The van der Waals surface area contributed by atoms with Gasteiger partial charge in [-0.1, -0.05) is 193 Å². The first-order valence-electron chi connectivity index (χ1n) is 23.8. The van der Waals surface area contributed by atoms with Gasteiger partial charge in [0, 0.05) is 19.3 Å². The van der Waals surface area contributed by atoms with Crippen LogP contribution in [0.25, 0.3) is 0 Å². The predicted octanol–water partition coefficient (Wildman–Crippen LogP) is 15.2. The molecule has 0 aliphatic rings. The molecule has 1 unspecified atom stereocenters. The maximum atomic E-state index is 12.7. The summed E-state index contributed by atoms with van der Waals surface area (Å²) in [5, 5.41) is 0. The van der Waals surface area contributed by atoms with Crippen LogP contribution in [0.4, 0.5) is 0 Å². The number of allylic oxidation sites excluding steroid dienone is 4. The fourth-order valence-electron chi connectivity index (χ4n) is 6.77. The van der Waals surface area contributed by atoms with Crippen LogP contribution in [0.15, 0.2) is 24.3 Å². The summed E-state index contributed by atoms with van der Waals surface area (Å²) in [6, 6.07) is 0. The van der Waals surface area contributed by atoms with E-state index in [1.165, 1.54) is 135 Å². The minimum atomic E-state index is -0.774. The Labute approximate surface area is 341 Å². The molecule has 322 valence electrons. The van der Waals surface area contributed by atoms with Gasteiger partial charge in [-0.25, -0.2) is 0 Å². The number of ether oxygens (including phenoxy) is 3. The highest BCUT2D eigenvalue weighted by molar-refractivity contribution is 5.71. The first-order chi connectivity index (χ1) is 27.0. The van der Waals surface area contributed by atoms with Gasteiger partial charge in [0.25, 0.3) is 0 Å². The number of rotatable bonds is 43. The highest BCUT2D eigenvalue weighted by Gasteiger charge is 2.19. The van der Waals surface area contributed by atoms with Gasteiger partial charge in [0.15, 0.2) is 6.10 Å². The molecule has 0 aromatic carbocycles. The Balaban J connectivity index is 4.38. The molecular formula is C49H90O6. The molecule has 0 aromatic heterocycles. The number of hydrogen-bond donors (Lipinski definition) is 0. The first-order valence-corrected chi connectivity index (χ1v) is 23.8. The van der Waals surface area contributed by atoms with Gasteiger partial charge in [0.05, 0.1) is 0 Å². The van der Waals surface area contributed by atoms with Crippen molar-refractivity contribution in [2.75, 3.05) is 13.2 Å². The molecule has 0 spiro atoms. The molecule has 0 aliphatic heterocycles. The number of unbranched alkanes of at least 4 members (excludes halogenated alkanes) is 28. The van der Waals surface area contributed by atoms with E-state index in [2.05, 4.69) is 45.1 Å². The molecule has 0 N–H and O–H groups in total. The Kier molecular flexibility index (Phi) is 42.9. The predicted molar refractivity (Wildman–Crippen MR) is 233 cm³/mol. The Morgan fingerprint density at radius 2 is 0.618 bits per heavy atom. The van der Waals surface area contributed by atoms with Crippen LogP contribution in [0.5, 0.6) is 0 Å². The molecule has 0 aliphatic carbocycles. The molecule has 0 amide bonds. The molecule has 0 heterocycles. The lowest BCUT2D eigenvalue weighted by Gasteiger charge is -2.18. The highest BCUT2D eigenvalue weighted by atomic mass is 16.6. The van der Waals surface area contributed by atoms with E-state index >= 15 is 0 Å². The molecule has 0 aromatic rings. The third kappa shape index (κ3) is 42.9. The van der Waals surface area contributed by atoms with Gasteiger partial charge in [-0.05, 0) is 64.2 Å². The summed E-state index contributed by atoms with van der Waals surface area (Å²) in [4.78, 5) is 37.8. The quantitative estimate of drug-likeness (QED) is 0.0266. The van der Waals surface area contributed by atoms with Crippen molar-refractivity contribution in [2.24, 2.45) is 0 Å². The second-order valence-electron chi connectivity index (χ2n) is 16.0. The normalized spacial score (nSPS) is 12.1. The Morgan fingerprint density at radius 1 is 0.345 bits per heavy atom. The molecule has 0 bridgehead atoms. The minimum Gasteiger partial charge on any atom is -0.462 e. The average Bonchev–Trinajstić information content (AvgIpc) is 3.18. The molecule has 0 saturated heterocycles. The van der Waals surface area contributed by atoms with Gasteiger partial charge in [0.1, 0.15) is 13.2 Å². The minimum absolute atomic E-state index is 0.0775. The van der Waals surface area contributed by atoms with Crippen LogP contribution in [-0.2, 0) is 28.6 Å². The van der Waals surface area contributed by atoms with Crippen molar-refractivity contribution in [3.63, 3.8) is 0 Å². The molecular weight excluding hydrogens is 685 g/mol. The van der Waals surface area contributed by atoms with Crippen LogP contribution < -0.4 is 0 Å². The van der Waals surface area contributed by atoms with Gasteiger partial charge in [0.2, 0.25) is 0 Å². The van der Waals surface area contributed by atoms with E-state index in [1.54, 1.807) is 0 Å². The Hall–Kier alpha value is -2.11. The Bertz CT molecular complexity index is 896. The maximum absolute atomic E-state index is 12.7. The monoisotopic (exact) mass is 775 g/mol. The van der Waals surface area contributed by atoms with Gasteiger partial charge in [-0.15, -0.1) is 0 Å². The second kappa shape index (κ2) is 44.6. The van der Waals surface area contributed by atoms with E-state index in [0.29, 0.717) is 19.3 Å². The fourth-order valence-corrected chi connectivity index (χ4v) is 6.77. The zero-order chi connectivity index (χ0) is 40.1. The van der Waals surface area contributed by atoms with Crippen molar-refractivity contribution in [1.82, 2.24) is 0 Å². The topological polar surface area (TPSA) is 78.9 Å². The standard InChI is InChI=1S/C49H90O6/c1-4-7-10-13-16-19-22-24-27-30-33-36-39-42-48(51)54-45-46(44-53-47(50)41-38-35-32-29-26-21-18-15-12-9-6-3)55-49(52)43-40-37-34-31-28-25-23-20-17-14-11-8-5-2/h15,18,24,27,46H,4-14,16-17,19-23,25-26,28-45H2,1-3H3/b18-15-,27-24-. The smallest absolute Gasteiger partial charge is 0.306 e.